The van der Waals surface area contributed by atoms with Crippen LogP contribution in [0.15, 0.2) is 29.4 Å². The van der Waals surface area contributed by atoms with Crippen molar-refractivity contribution < 1.29 is 9.90 Å². The van der Waals surface area contributed by atoms with Crippen molar-refractivity contribution >= 4 is 17.7 Å². The molecule has 0 saturated carbocycles. The molecule has 0 aliphatic carbocycles. The number of carbonyl (C=O) groups excluding carboxylic acids is 1. The van der Waals surface area contributed by atoms with E-state index in [-0.39, 0.29) is 18.6 Å². The number of amides is 1. The zero-order valence-electron chi connectivity index (χ0n) is 8.51. The van der Waals surface area contributed by atoms with Crippen molar-refractivity contribution in [2.24, 2.45) is 0 Å². The highest BCUT2D eigenvalue weighted by Crippen LogP contribution is 2.15. The van der Waals surface area contributed by atoms with Crippen LogP contribution in [0.3, 0.4) is 0 Å². The number of pyridine rings is 1. The molecule has 15 heavy (non-hydrogen) atoms. The summed E-state index contributed by atoms with van der Waals surface area (Å²) < 4.78 is 0. The molecule has 82 valence electrons. The van der Waals surface area contributed by atoms with Gasteiger partial charge in [0, 0.05) is 23.3 Å². The van der Waals surface area contributed by atoms with E-state index in [0.29, 0.717) is 5.75 Å². The largest absolute Gasteiger partial charge is 0.394 e. The molecule has 0 aliphatic rings. The van der Waals surface area contributed by atoms with Crippen LogP contribution in [0.5, 0.6) is 0 Å². The smallest absolute Gasteiger partial charge is 0.230 e. The van der Waals surface area contributed by atoms with Gasteiger partial charge in [-0.3, -0.25) is 9.78 Å². The normalized spacial score (nSPS) is 12.1. The Balaban J connectivity index is 2.29. The number of nitrogens with one attached hydrogen (secondary N) is 1. The van der Waals surface area contributed by atoms with Crippen molar-refractivity contribution in [3.05, 3.63) is 24.5 Å². The first kappa shape index (κ1) is 12.0. The highest BCUT2D eigenvalue weighted by atomic mass is 32.2. The standard InChI is InChI=1S/C10H14N2O2S/c1-8(6-13)12-10(14)7-15-9-2-4-11-5-3-9/h2-5,8,13H,6-7H2,1H3,(H,12,14)/t8-/m1/s1. The molecule has 4 nitrogen and oxygen atoms in total. The number of aromatic nitrogens is 1. The molecule has 0 unspecified atom stereocenters. The lowest BCUT2D eigenvalue weighted by atomic mass is 10.4. The summed E-state index contributed by atoms with van der Waals surface area (Å²) in [7, 11) is 0. The summed E-state index contributed by atoms with van der Waals surface area (Å²) in [5.41, 5.74) is 0. The van der Waals surface area contributed by atoms with Gasteiger partial charge in [-0.15, -0.1) is 11.8 Å². The van der Waals surface area contributed by atoms with Crippen LogP contribution in [0.1, 0.15) is 6.92 Å². The van der Waals surface area contributed by atoms with Crippen molar-refractivity contribution in [3.63, 3.8) is 0 Å². The predicted molar refractivity (Wildman–Crippen MR) is 59.7 cm³/mol. The monoisotopic (exact) mass is 226 g/mol. The lowest BCUT2D eigenvalue weighted by molar-refractivity contribution is -0.119. The van der Waals surface area contributed by atoms with Crippen LogP contribution in [0.4, 0.5) is 0 Å². The zero-order chi connectivity index (χ0) is 11.1. The highest BCUT2D eigenvalue weighted by Gasteiger charge is 2.06. The molecule has 0 radical (unpaired) electrons. The van der Waals surface area contributed by atoms with E-state index in [9.17, 15) is 4.79 Å². The fraction of sp³-hybridized carbons (Fsp3) is 0.400. The van der Waals surface area contributed by atoms with Crippen LogP contribution >= 0.6 is 11.8 Å². The molecule has 0 spiro atoms. The third kappa shape index (κ3) is 4.80. The molecule has 1 aromatic heterocycles. The first-order valence-electron chi connectivity index (χ1n) is 4.65. The van der Waals surface area contributed by atoms with Crippen LogP contribution in [0, 0.1) is 0 Å². The van der Waals surface area contributed by atoms with E-state index in [2.05, 4.69) is 10.3 Å². The molecule has 0 fully saturated rings. The molecule has 1 amide bonds. The minimum atomic E-state index is -0.185. The Morgan fingerprint density at radius 1 is 1.60 bits per heavy atom. The van der Waals surface area contributed by atoms with Gasteiger partial charge in [0.15, 0.2) is 0 Å². The number of carbonyl (C=O) groups is 1. The van der Waals surface area contributed by atoms with Gasteiger partial charge in [0.2, 0.25) is 5.91 Å². The summed E-state index contributed by atoms with van der Waals surface area (Å²) in [6.07, 6.45) is 3.38. The van der Waals surface area contributed by atoms with Crippen molar-refractivity contribution in [2.45, 2.75) is 17.9 Å². The zero-order valence-corrected chi connectivity index (χ0v) is 9.33. The molecule has 2 N–H and O–H groups in total. The van der Waals surface area contributed by atoms with Crippen LogP contribution in [-0.4, -0.2) is 34.4 Å². The lowest BCUT2D eigenvalue weighted by Crippen LogP contribution is -2.36. The Hall–Kier alpha value is -1.07. The number of aliphatic hydroxyl groups is 1. The van der Waals surface area contributed by atoms with Crippen molar-refractivity contribution in [1.82, 2.24) is 10.3 Å². The van der Waals surface area contributed by atoms with E-state index in [4.69, 9.17) is 5.11 Å². The van der Waals surface area contributed by atoms with E-state index in [1.54, 1.807) is 19.3 Å². The maximum atomic E-state index is 11.3. The SMILES string of the molecule is C[C@H](CO)NC(=O)CSc1ccncc1. The Kier molecular flexibility index (Phi) is 5.14. The number of nitrogens with zero attached hydrogens (tertiary/aromatic N) is 1. The van der Waals surface area contributed by atoms with Gasteiger partial charge in [-0.25, -0.2) is 0 Å². The number of thioether (sulfide) groups is 1. The molecule has 1 heterocycles. The van der Waals surface area contributed by atoms with Gasteiger partial charge >= 0.3 is 0 Å². The van der Waals surface area contributed by atoms with Gasteiger partial charge < -0.3 is 10.4 Å². The minimum Gasteiger partial charge on any atom is -0.394 e. The Bertz CT molecular complexity index is 306. The van der Waals surface area contributed by atoms with Crippen LogP contribution < -0.4 is 5.32 Å². The second kappa shape index (κ2) is 6.42. The van der Waals surface area contributed by atoms with Gasteiger partial charge in [0.25, 0.3) is 0 Å². The minimum absolute atomic E-state index is 0.0360. The fourth-order valence-corrected chi connectivity index (χ4v) is 1.64. The fourth-order valence-electron chi connectivity index (χ4n) is 0.945. The van der Waals surface area contributed by atoms with Crippen LogP contribution in [-0.2, 0) is 4.79 Å². The summed E-state index contributed by atoms with van der Waals surface area (Å²) in [5.74, 6) is 0.285. The van der Waals surface area contributed by atoms with E-state index in [0.717, 1.165) is 4.90 Å². The number of aliphatic hydroxyl groups excluding tert-OH is 1. The van der Waals surface area contributed by atoms with E-state index >= 15 is 0 Å². The van der Waals surface area contributed by atoms with E-state index < -0.39 is 0 Å². The number of hydrogen-bond donors (Lipinski definition) is 2. The molecule has 1 atom stereocenters. The molecule has 0 saturated heterocycles. The molecule has 1 rings (SSSR count). The molecule has 1 aromatic rings. The van der Waals surface area contributed by atoms with Gasteiger partial charge in [-0.2, -0.15) is 0 Å². The molecule has 5 heteroatoms. The Morgan fingerprint density at radius 3 is 2.87 bits per heavy atom. The molecule has 0 bridgehead atoms. The maximum absolute atomic E-state index is 11.3. The summed E-state index contributed by atoms with van der Waals surface area (Å²) >= 11 is 1.45. The summed E-state index contributed by atoms with van der Waals surface area (Å²) in [6, 6.07) is 3.52. The third-order valence-corrected chi connectivity index (χ3v) is 2.71. The third-order valence-electron chi connectivity index (χ3n) is 1.70. The van der Waals surface area contributed by atoms with Gasteiger partial charge in [-0.05, 0) is 19.1 Å². The lowest BCUT2D eigenvalue weighted by Gasteiger charge is -2.10. The topological polar surface area (TPSA) is 62.2 Å². The van der Waals surface area contributed by atoms with Crippen molar-refractivity contribution in [2.75, 3.05) is 12.4 Å². The van der Waals surface area contributed by atoms with Gasteiger partial charge in [-0.1, -0.05) is 0 Å². The van der Waals surface area contributed by atoms with Crippen molar-refractivity contribution in [1.29, 1.82) is 0 Å². The molecule has 0 aromatic carbocycles. The summed E-state index contributed by atoms with van der Waals surface area (Å²) in [4.78, 5) is 16.2. The quantitative estimate of drug-likeness (QED) is 0.724. The molecular formula is C10H14N2O2S. The average molecular weight is 226 g/mol. The Labute approximate surface area is 93.1 Å². The van der Waals surface area contributed by atoms with E-state index in [1.807, 2.05) is 12.1 Å². The second-order valence-electron chi connectivity index (χ2n) is 3.12. The first-order chi connectivity index (χ1) is 7.22. The summed E-state index contributed by atoms with van der Waals surface area (Å²) in [6.45, 7) is 1.72. The van der Waals surface area contributed by atoms with Gasteiger partial charge in [0.1, 0.15) is 0 Å². The van der Waals surface area contributed by atoms with E-state index in [1.165, 1.54) is 11.8 Å². The summed E-state index contributed by atoms with van der Waals surface area (Å²) in [5, 5.41) is 11.4. The number of rotatable bonds is 5. The average Bonchev–Trinajstić information content (AvgIpc) is 2.27. The molecule has 0 aliphatic heterocycles. The maximum Gasteiger partial charge on any atom is 0.230 e. The Morgan fingerprint density at radius 2 is 2.27 bits per heavy atom. The van der Waals surface area contributed by atoms with Crippen LogP contribution in [0.2, 0.25) is 0 Å². The van der Waals surface area contributed by atoms with Crippen molar-refractivity contribution in [3.8, 4) is 0 Å². The molecular weight excluding hydrogens is 212 g/mol. The highest BCUT2D eigenvalue weighted by molar-refractivity contribution is 8.00. The first-order valence-corrected chi connectivity index (χ1v) is 5.64. The predicted octanol–water partition coefficient (Wildman–Crippen LogP) is 0.671. The second-order valence-corrected chi connectivity index (χ2v) is 4.17. The number of hydrogen-bond acceptors (Lipinski definition) is 4. The van der Waals surface area contributed by atoms with Gasteiger partial charge in [0.05, 0.1) is 12.4 Å². The van der Waals surface area contributed by atoms with Crippen LogP contribution in [0.25, 0.3) is 0 Å².